The molecule has 1 heterocycles. The van der Waals surface area contributed by atoms with E-state index < -0.39 is 15.9 Å². The quantitative estimate of drug-likeness (QED) is 0.593. The Bertz CT molecular complexity index is 1230. The third-order valence-electron chi connectivity index (χ3n) is 4.09. The molecule has 3 aromatic rings. The second kappa shape index (κ2) is 7.96. The number of fused-ring (bicyclic) bond motifs is 1. The van der Waals surface area contributed by atoms with Gasteiger partial charge < -0.3 is 4.57 Å². The fourth-order valence-corrected chi connectivity index (χ4v) is 5.42. The fourth-order valence-electron chi connectivity index (χ4n) is 2.64. The molecular weight excluding hydrogens is 441 g/mol. The predicted octanol–water partition coefficient (Wildman–Crippen LogP) is 4.02. The molecule has 6 nitrogen and oxygen atoms in total. The van der Waals surface area contributed by atoms with Gasteiger partial charge in [-0.15, -0.1) is 0 Å². The predicted molar refractivity (Wildman–Crippen MR) is 113 cm³/mol. The fraction of sp³-hybridized carbons (Fsp3) is 0.222. The van der Waals surface area contributed by atoms with Crippen LogP contribution in [-0.2, 0) is 16.6 Å². The van der Waals surface area contributed by atoms with E-state index >= 15 is 0 Å². The Labute approximate surface area is 176 Å². The van der Waals surface area contributed by atoms with Crippen LogP contribution in [0.15, 0.2) is 46.3 Å². The molecule has 3 rings (SSSR count). The molecule has 0 aliphatic carbocycles. The maximum absolute atomic E-state index is 12.6. The molecular formula is C18H17Cl2N3O3S2. The first-order valence-electron chi connectivity index (χ1n) is 8.25. The molecule has 1 aromatic heterocycles. The number of aryl methyl sites for hydroxylation is 1. The molecule has 0 atom stereocenters. The molecule has 0 spiro atoms. The number of thiazole rings is 1. The van der Waals surface area contributed by atoms with Crippen LogP contribution < -0.4 is 4.80 Å². The van der Waals surface area contributed by atoms with Crippen LogP contribution in [0.1, 0.15) is 17.3 Å². The van der Waals surface area contributed by atoms with Gasteiger partial charge in [-0.05, 0) is 43.3 Å². The molecule has 0 saturated carbocycles. The van der Waals surface area contributed by atoms with E-state index in [0.717, 1.165) is 14.5 Å². The van der Waals surface area contributed by atoms with Gasteiger partial charge in [-0.3, -0.25) is 4.79 Å². The Morgan fingerprint density at radius 1 is 1.18 bits per heavy atom. The standard InChI is InChI=1S/C18H17Cl2N3O3S2/c1-4-23-16-14(20)9-12(19)10-15(16)27-18(23)21-17(24)11-5-7-13(8-6-11)28(25,26)22(2)3/h5-10H,4H2,1-3H3. The molecule has 148 valence electrons. The molecule has 0 fully saturated rings. The number of sulfonamides is 1. The van der Waals surface area contributed by atoms with Crippen molar-refractivity contribution in [3.8, 4) is 0 Å². The number of aromatic nitrogens is 1. The van der Waals surface area contributed by atoms with Gasteiger partial charge in [0, 0.05) is 31.2 Å². The van der Waals surface area contributed by atoms with Gasteiger partial charge in [-0.2, -0.15) is 4.99 Å². The topological polar surface area (TPSA) is 71.7 Å². The average molecular weight is 458 g/mol. The number of hydrogen-bond donors (Lipinski definition) is 0. The average Bonchev–Trinajstić information content (AvgIpc) is 2.98. The Hall–Kier alpha value is -1.71. The van der Waals surface area contributed by atoms with E-state index in [4.69, 9.17) is 23.2 Å². The number of carbonyl (C=O) groups is 1. The first kappa shape index (κ1) is 21.0. The van der Waals surface area contributed by atoms with E-state index in [-0.39, 0.29) is 4.90 Å². The van der Waals surface area contributed by atoms with Crippen LogP contribution in [-0.4, -0.2) is 37.3 Å². The minimum atomic E-state index is -3.55. The molecule has 0 radical (unpaired) electrons. The number of carbonyl (C=O) groups excluding carboxylic acids is 1. The number of rotatable bonds is 4. The van der Waals surface area contributed by atoms with Crippen molar-refractivity contribution >= 4 is 60.7 Å². The van der Waals surface area contributed by atoms with Crippen LogP contribution in [0.4, 0.5) is 0 Å². The molecule has 0 N–H and O–H groups in total. The smallest absolute Gasteiger partial charge is 0.279 e. The van der Waals surface area contributed by atoms with Crippen molar-refractivity contribution in [2.75, 3.05) is 14.1 Å². The normalized spacial score (nSPS) is 12.9. The lowest BCUT2D eigenvalue weighted by Crippen LogP contribution is -2.22. The molecule has 1 amide bonds. The molecule has 0 aliphatic rings. The first-order chi connectivity index (χ1) is 13.1. The van der Waals surface area contributed by atoms with Gasteiger partial charge in [0.25, 0.3) is 5.91 Å². The summed E-state index contributed by atoms with van der Waals surface area (Å²) in [5.74, 6) is -0.468. The lowest BCUT2D eigenvalue weighted by molar-refractivity contribution is 0.0997. The van der Waals surface area contributed by atoms with Crippen LogP contribution in [0.3, 0.4) is 0 Å². The minimum absolute atomic E-state index is 0.112. The van der Waals surface area contributed by atoms with Gasteiger partial charge in [0.2, 0.25) is 10.0 Å². The van der Waals surface area contributed by atoms with Gasteiger partial charge in [0.05, 0.1) is 20.1 Å². The summed E-state index contributed by atoms with van der Waals surface area (Å²) in [4.78, 5) is 17.4. The molecule has 0 aliphatic heterocycles. The van der Waals surface area contributed by atoms with E-state index in [1.165, 1.54) is 49.7 Å². The number of amides is 1. The Morgan fingerprint density at radius 2 is 1.82 bits per heavy atom. The highest BCUT2D eigenvalue weighted by Gasteiger charge is 2.18. The number of nitrogens with zero attached hydrogens (tertiary/aromatic N) is 3. The highest BCUT2D eigenvalue weighted by molar-refractivity contribution is 7.89. The summed E-state index contributed by atoms with van der Waals surface area (Å²) in [6, 6.07) is 9.14. The Balaban J connectivity index is 2.05. The lowest BCUT2D eigenvalue weighted by Gasteiger charge is -2.11. The number of hydrogen-bond acceptors (Lipinski definition) is 4. The lowest BCUT2D eigenvalue weighted by atomic mass is 10.2. The van der Waals surface area contributed by atoms with Crippen LogP contribution in [0, 0.1) is 0 Å². The zero-order valence-corrected chi connectivity index (χ0v) is 18.5. The second-order valence-electron chi connectivity index (χ2n) is 6.09. The Morgan fingerprint density at radius 3 is 2.39 bits per heavy atom. The molecule has 10 heteroatoms. The summed E-state index contributed by atoms with van der Waals surface area (Å²) in [5, 5.41) is 1.00. The molecule has 0 bridgehead atoms. The molecule has 0 saturated heterocycles. The van der Waals surface area contributed by atoms with E-state index in [2.05, 4.69) is 4.99 Å². The van der Waals surface area contributed by atoms with Crippen molar-refractivity contribution in [3.63, 3.8) is 0 Å². The van der Waals surface area contributed by atoms with Crippen molar-refractivity contribution in [3.05, 3.63) is 56.8 Å². The van der Waals surface area contributed by atoms with E-state index in [0.29, 0.717) is 27.0 Å². The highest BCUT2D eigenvalue weighted by Crippen LogP contribution is 2.29. The largest absolute Gasteiger partial charge is 0.315 e. The molecule has 28 heavy (non-hydrogen) atoms. The third-order valence-corrected chi connectivity index (χ3v) is 7.45. The van der Waals surface area contributed by atoms with Gasteiger partial charge >= 0.3 is 0 Å². The second-order valence-corrected chi connectivity index (χ2v) is 10.1. The summed E-state index contributed by atoms with van der Waals surface area (Å²) in [6.07, 6.45) is 0. The van der Waals surface area contributed by atoms with Gasteiger partial charge in [0.15, 0.2) is 4.80 Å². The molecule has 0 unspecified atom stereocenters. The van der Waals surface area contributed by atoms with Gasteiger partial charge in [-0.25, -0.2) is 12.7 Å². The zero-order valence-electron chi connectivity index (χ0n) is 15.3. The SMILES string of the molecule is CCn1c(=NC(=O)c2ccc(S(=O)(=O)N(C)C)cc2)sc2cc(Cl)cc(Cl)c21. The highest BCUT2D eigenvalue weighted by atomic mass is 35.5. The van der Waals surface area contributed by atoms with E-state index in [9.17, 15) is 13.2 Å². The minimum Gasteiger partial charge on any atom is -0.315 e. The van der Waals surface area contributed by atoms with Crippen molar-refractivity contribution in [1.82, 2.24) is 8.87 Å². The summed E-state index contributed by atoms with van der Waals surface area (Å²) in [7, 11) is -0.652. The molecule has 2 aromatic carbocycles. The number of benzene rings is 2. The summed E-state index contributed by atoms with van der Waals surface area (Å²) < 4.78 is 28.1. The number of halogens is 2. The summed E-state index contributed by atoms with van der Waals surface area (Å²) in [6.45, 7) is 2.51. The van der Waals surface area contributed by atoms with Crippen LogP contribution >= 0.6 is 34.5 Å². The van der Waals surface area contributed by atoms with Crippen LogP contribution in [0.5, 0.6) is 0 Å². The van der Waals surface area contributed by atoms with Crippen molar-refractivity contribution in [2.24, 2.45) is 4.99 Å². The van der Waals surface area contributed by atoms with Crippen LogP contribution in [0.2, 0.25) is 10.0 Å². The van der Waals surface area contributed by atoms with Gasteiger partial charge in [0.1, 0.15) is 0 Å². The maximum atomic E-state index is 12.6. The van der Waals surface area contributed by atoms with Gasteiger partial charge in [-0.1, -0.05) is 34.5 Å². The van der Waals surface area contributed by atoms with Crippen LogP contribution in [0.25, 0.3) is 10.2 Å². The van der Waals surface area contributed by atoms with Crippen molar-refractivity contribution in [2.45, 2.75) is 18.4 Å². The van der Waals surface area contributed by atoms with Crippen molar-refractivity contribution < 1.29 is 13.2 Å². The van der Waals surface area contributed by atoms with Crippen molar-refractivity contribution in [1.29, 1.82) is 0 Å². The van der Waals surface area contributed by atoms with E-state index in [1.54, 1.807) is 12.1 Å². The summed E-state index contributed by atoms with van der Waals surface area (Å²) in [5.41, 5.74) is 1.07. The summed E-state index contributed by atoms with van der Waals surface area (Å²) >= 11 is 13.7. The van der Waals surface area contributed by atoms with E-state index in [1.807, 2.05) is 11.5 Å². The third kappa shape index (κ3) is 3.88. The monoisotopic (exact) mass is 457 g/mol. The zero-order chi connectivity index (χ0) is 20.6. The Kier molecular flexibility index (Phi) is 5.97. The first-order valence-corrected chi connectivity index (χ1v) is 11.3. The maximum Gasteiger partial charge on any atom is 0.279 e.